The summed E-state index contributed by atoms with van der Waals surface area (Å²) in [5.41, 5.74) is 1.28. The first kappa shape index (κ1) is 21.1. The van der Waals surface area contributed by atoms with Crippen LogP contribution in [0.15, 0.2) is 30.5 Å². The molecule has 3 aromatic rings. The van der Waals surface area contributed by atoms with Gasteiger partial charge in [0, 0.05) is 26.3 Å². The van der Waals surface area contributed by atoms with Crippen LogP contribution in [0.5, 0.6) is 5.75 Å². The number of aryl methyl sites for hydroxylation is 1. The lowest BCUT2D eigenvalue weighted by atomic mass is 10.3. The number of rotatable bonds is 7. The van der Waals surface area contributed by atoms with Crippen molar-refractivity contribution in [3.8, 4) is 5.75 Å². The number of anilines is 1. The molecule has 27 heavy (non-hydrogen) atoms. The Hall–Kier alpha value is -2.16. The Morgan fingerprint density at radius 2 is 2.04 bits per heavy atom. The number of benzene rings is 1. The van der Waals surface area contributed by atoms with E-state index in [0.717, 1.165) is 22.5 Å². The number of likely N-dealkylation sites (N-methyl/N-ethyl adjacent to an activating group) is 1. The summed E-state index contributed by atoms with van der Waals surface area (Å²) in [6.45, 7) is 3.85. The molecule has 2 heterocycles. The summed E-state index contributed by atoms with van der Waals surface area (Å²) in [4.78, 5) is 21.4. The number of thiazole rings is 1. The number of ether oxygens (including phenoxy) is 1. The summed E-state index contributed by atoms with van der Waals surface area (Å²) in [6, 6.07) is 7.52. The van der Waals surface area contributed by atoms with Gasteiger partial charge in [-0.1, -0.05) is 11.3 Å². The van der Waals surface area contributed by atoms with Gasteiger partial charge >= 0.3 is 0 Å². The zero-order valence-electron chi connectivity index (χ0n) is 15.9. The molecule has 0 saturated carbocycles. The zero-order chi connectivity index (χ0) is 18.7. The Balaban J connectivity index is 0.00000261. The normalized spacial score (nSPS) is 10.9. The molecular weight excluding hydrogens is 386 g/mol. The lowest BCUT2D eigenvalue weighted by molar-refractivity contribution is 0.0979. The van der Waals surface area contributed by atoms with Crippen LogP contribution in [0, 0.1) is 0 Å². The molecule has 0 unspecified atom stereocenters. The average Bonchev–Trinajstić information content (AvgIpc) is 3.20. The van der Waals surface area contributed by atoms with Crippen LogP contribution in [-0.2, 0) is 7.05 Å². The maximum Gasteiger partial charge on any atom is 0.280 e. The van der Waals surface area contributed by atoms with Crippen LogP contribution in [0.1, 0.15) is 17.4 Å². The smallest absolute Gasteiger partial charge is 0.280 e. The fourth-order valence-corrected chi connectivity index (χ4v) is 3.53. The molecule has 3 rings (SSSR count). The Morgan fingerprint density at radius 3 is 2.67 bits per heavy atom. The van der Waals surface area contributed by atoms with Crippen molar-refractivity contribution in [2.24, 2.45) is 7.05 Å². The summed E-state index contributed by atoms with van der Waals surface area (Å²) in [5.74, 6) is 0.669. The van der Waals surface area contributed by atoms with Crippen LogP contribution in [0.25, 0.3) is 10.2 Å². The summed E-state index contributed by atoms with van der Waals surface area (Å²) < 4.78 is 8.19. The first-order valence-electron chi connectivity index (χ1n) is 8.47. The number of amides is 1. The fourth-order valence-electron chi connectivity index (χ4n) is 2.52. The number of carbonyl (C=O) groups is 1. The molecule has 0 spiro atoms. The van der Waals surface area contributed by atoms with Gasteiger partial charge in [0.2, 0.25) is 0 Å². The standard InChI is InChI=1S/C18H23N5O2S.ClH/c1-5-25-13-6-7-14-16(12-13)26-18(19-14)23(11-10-21(2)3)17(24)15-8-9-22(4)20-15;/h6-9,12H,5,10-11H2,1-4H3;1H. The van der Waals surface area contributed by atoms with Crippen molar-refractivity contribution in [2.75, 3.05) is 38.7 Å². The molecule has 1 aromatic carbocycles. The minimum absolute atomic E-state index is 0. The van der Waals surface area contributed by atoms with Gasteiger partial charge in [0.05, 0.1) is 16.8 Å². The van der Waals surface area contributed by atoms with Gasteiger partial charge in [0.1, 0.15) is 5.75 Å². The lowest BCUT2D eigenvalue weighted by Crippen LogP contribution is -2.37. The third kappa shape index (κ3) is 4.97. The van der Waals surface area contributed by atoms with E-state index in [1.165, 1.54) is 11.3 Å². The van der Waals surface area contributed by atoms with Crippen molar-refractivity contribution >= 4 is 45.0 Å². The third-order valence-electron chi connectivity index (χ3n) is 3.84. The van der Waals surface area contributed by atoms with E-state index in [2.05, 4.69) is 10.1 Å². The van der Waals surface area contributed by atoms with Crippen LogP contribution >= 0.6 is 23.7 Å². The summed E-state index contributed by atoms with van der Waals surface area (Å²) in [5, 5.41) is 4.92. The van der Waals surface area contributed by atoms with Gasteiger partial charge in [-0.15, -0.1) is 12.4 Å². The molecule has 9 heteroatoms. The molecule has 0 aliphatic carbocycles. The number of hydrogen-bond donors (Lipinski definition) is 0. The van der Waals surface area contributed by atoms with E-state index in [9.17, 15) is 4.79 Å². The van der Waals surface area contributed by atoms with Gasteiger partial charge in [-0.3, -0.25) is 14.4 Å². The number of hydrogen-bond acceptors (Lipinski definition) is 6. The van der Waals surface area contributed by atoms with Gasteiger partial charge in [0.15, 0.2) is 10.8 Å². The Bertz CT molecular complexity index is 908. The van der Waals surface area contributed by atoms with E-state index in [4.69, 9.17) is 4.74 Å². The van der Waals surface area contributed by atoms with Crippen LogP contribution < -0.4 is 9.64 Å². The minimum Gasteiger partial charge on any atom is -0.494 e. The second-order valence-corrected chi connectivity index (χ2v) is 7.20. The summed E-state index contributed by atoms with van der Waals surface area (Å²) in [6.07, 6.45) is 1.77. The monoisotopic (exact) mass is 409 g/mol. The average molecular weight is 410 g/mol. The minimum atomic E-state index is -0.142. The molecule has 0 aliphatic rings. The third-order valence-corrected chi connectivity index (χ3v) is 4.88. The van der Waals surface area contributed by atoms with Gasteiger partial charge in [-0.25, -0.2) is 4.98 Å². The predicted octanol–water partition coefficient (Wildman–Crippen LogP) is 3.06. The number of nitrogens with zero attached hydrogens (tertiary/aromatic N) is 5. The Kier molecular flexibility index (Phi) is 7.18. The van der Waals surface area contributed by atoms with E-state index >= 15 is 0 Å². The Labute approximate surface area is 169 Å². The first-order chi connectivity index (χ1) is 12.5. The molecule has 0 N–H and O–H groups in total. The first-order valence-corrected chi connectivity index (χ1v) is 9.29. The summed E-state index contributed by atoms with van der Waals surface area (Å²) >= 11 is 1.49. The van der Waals surface area contributed by atoms with Crippen LogP contribution in [0.2, 0.25) is 0 Å². The molecule has 0 bridgehead atoms. The number of carbonyl (C=O) groups excluding carboxylic acids is 1. The maximum absolute atomic E-state index is 13.0. The van der Waals surface area contributed by atoms with Crippen molar-refractivity contribution in [1.82, 2.24) is 19.7 Å². The summed E-state index contributed by atoms with van der Waals surface area (Å²) in [7, 11) is 5.76. The molecular formula is C18H24ClN5O2S. The van der Waals surface area contributed by atoms with E-state index in [1.54, 1.807) is 28.9 Å². The number of halogens is 1. The van der Waals surface area contributed by atoms with Crippen molar-refractivity contribution in [1.29, 1.82) is 0 Å². The van der Waals surface area contributed by atoms with E-state index in [1.807, 2.05) is 44.1 Å². The largest absolute Gasteiger partial charge is 0.494 e. The topological polar surface area (TPSA) is 63.5 Å². The molecule has 2 aromatic heterocycles. The highest BCUT2D eigenvalue weighted by Crippen LogP contribution is 2.32. The van der Waals surface area contributed by atoms with Gasteiger partial charge < -0.3 is 9.64 Å². The Morgan fingerprint density at radius 1 is 1.26 bits per heavy atom. The molecule has 7 nitrogen and oxygen atoms in total. The van der Waals surface area contributed by atoms with Gasteiger partial charge in [-0.05, 0) is 45.3 Å². The molecule has 0 atom stereocenters. The highest BCUT2D eigenvalue weighted by Gasteiger charge is 2.23. The highest BCUT2D eigenvalue weighted by atomic mass is 35.5. The van der Waals surface area contributed by atoms with E-state index < -0.39 is 0 Å². The molecule has 0 saturated heterocycles. The lowest BCUT2D eigenvalue weighted by Gasteiger charge is -2.21. The van der Waals surface area contributed by atoms with Crippen molar-refractivity contribution < 1.29 is 9.53 Å². The SMILES string of the molecule is CCOc1ccc2nc(N(CCN(C)C)C(=O)c3ccn(C)n3)sc2c1.Cl. The molecule has 0 fully saturated rings. The molecule has 1 amide bonds. The predicted molar refractivity (Wildman–Crippen MR) is 111 cm³/mol. The molecule has 0 aliphatic heterocycles. The van der Waals surface area contributed by atoms with Crippen molar-refractivity contribution in [2.45, 2.75) is 6.92 Å². The fraction of sp³-hybridized carbons (Fsp3) is 0.389. The second-order valence-electron chi connectivity index (χ2n) is 6.19. The van der Waals surface area contributed by atoms with Crippen LogP contribution in [0.3, 0.4) is 0 Å². The number of fused-ring (bicyclic) bond motifs is 1. The highest BCUT2D eigenvalue weighted by molar-refractivity contribution is 7.22. The quantitative estimate of drug-likeness (QED) is 0.600. The zero-order valence-corrected chi connectivity index (χ0v) is 17.5. The molecule has 146 valence electrons. The maximum atomic E-state index is 13.0. The van der Waals surface area contributed by atoms with E-state index in [-0.39, 0.29) is 18.3 Å². The van der Waals surface area contributed by atoms with Crippen molar-refractivity contribution in [3.05, 3.63) is 36.2 Å². The van der Waals surface area contributed by atoms with Crippen molar-refractivity contribution in [3.63, 3.8) is 0 Å². The van der Waals surface area contributed by atoms with Crippen LogP contribution in [-0.4, -0.2) is 59.4 Å². The van der Waals surface area contributed by atoms with Gasteiger partial charge in [0.25, 0.3) is 5.91 Å². The van der Waals surface area contributed by atoms with Gasteiger partial charge in [-0.2, -0.15) is 5.10 Å². The second kappa shape index (κ2) is 9.16. The molecule has 0 radical (unpaired) electrons. The van der Waals surface area contributed by atoms with Crippen LogP contribution in [0.4, 0.5) is 5.13 Å². The number of aromatic nitrogens is 3. The van der Waals surface area contributed by atoms with E-state index in [0.29, 0.717) is 24.0 Å².